The van der Waals surface area contributed by atoms with Gasteiger partial charge in [-0.15, -0.1) is 12.4 Å². The van der Waals surface area contributed by atoms with E-state index in [2.05, 4.69) is 13.8 Å². The van der Waals surface area contributed by atoms with E-state index in [0.29, 0.717) is 17.4 Å². The Bertz CT molecular complexity index is 371. The van der Waals surface area contributed by atoms with Gasteiger partial charge in [-0.25, -0.2) is 0 Å². The molecule has 110 valence electrons. The van der Waals surface area contributed by atoms with Gasteiger partial charge in [0, 0.05) is 6.04 Å². The van der Waals surface area contributed by atoms with E-state index in [4.69, 9.17) is 15.2 Å². The van der Waals surface area contributed by atoms with Crippen LogP contribution in [-0.4, -0.2) is 19.3 Å². The smallest absolute Gasteiger partial charge is 0.200 e. The van der Waals surface area contributed by atoms with Gasteiger partial charge >= 0.3 is 0 Å². The lowest BCUT2D eigenvalue weighted by Gasteiger charge is -2.17. The molecule has 0 amide bonds. The Labute approximate surface area is 121 Å². The fourth-order valence-electron chi connectivity index (χ4n) is 1.81. The van der Waals surface area contributed by atoms with Crippen LogP contribution >= 0.6 is 12.4 Å². The summed E-state index contributed by atoms with van der Waals surface area (Å²) < 4.78 is 10.2. The van der Waals surface area contributed by atoms with Crippen molar-refractivity contribution in [3.05, 3.63) is 17.7 Å². The zero-order chi connectivity index (χ0) is 13.7. The average Bonchev–Trinajstić information content (AvgIpc) is 2.36. The molecule has 1 rings (SSSR count). The van der Waals surface area contributed by atoms with Crippen LogP contribution in [0.15, 0.2) is 12.1 Å². The number of phenolic OH excluding ortho intramolecular Hbond substituents is 1. The summed E-state index contributed by atoms with van der Waals surface area (Å²) in [5.41, 5.74) is 7.07. The minimum absolute atomic E-state index is 0. The van der Waals surface area contributed by atoms with Crippen LogP contribution in [0.5, 0.6) is 17.2 Å². The van der Waals surface area contributed by atoms with Crippen molar-refractivity contribution >= 4 is 12.4 Å². The summed E-state index contributed by atoms with van der Waals surface area (Å²) in [6.45, 7) is 4.34. The van der Waals surface area contributed by atoms with Gasteiger partial charge in [-0.3, -0.25) is 0 Å². The molecule has 0 bridgehead atoms. The van der Waals surface area contributed by atoms with Crippen LogP contribution < -0.4 is 15.2 Å². The molecule has 0 saturated carbocycles. The Kier molecular flexibility index (Phi) is 7.64. The Morgan fingerprint density at radius 2 is 1.58 bits per heavy atom. The highest BCUT2D eigenvalue weighted by Gasteiger charge is 2.15. The number of ether oxygens (including phenoxy) is 2. The van der Waals surface area contributed by atoms with Crippen LogP contribution in [-0.2, 0) is 0 Å². The van der Waals surface area contributed by atoms with E-state index in [1.165, 1.54) is 14.2 Å². The predicted molar refractivity (Wildman–Crippen MR) is 79.5 cm³/mol. The monoisotopic (exact) mass is 289 g/mol. The number of hydrogen-bond acceptors (Lipinski definition) is 4. The van der Waals surface area contributed by atoms with Crippen LogP contribution in [0.2, 0.25) is 0 Å². The molecule has 3 N–H and O–H groups in total. The van der Waals surface area contributed by atoms with Crippen molar-refractivity contribution in [3.63, 3.8) is 0 Å². The fourth-order valence-corrected chi connectivity index (χ4v) is 1.81. The molecule has 0 spiro atoms. The van der Waals surface area contributed by atoms with Crippen molar-refractivity contribution in [2.75, 3.05) is 14.2 Å². The quantitative estimate of drug-likeness (QED) is 0.843. The van der Waals surface area contributed by atoms with Crippen LogP contribution in [0.25, 0.3) is 0 Å². The Morgan fingerprint density at radius 1 is 1.11 bits per heavy atom. The molecular formula is C14H24ClNO3. The van der Waals surface area contributed by atoms with Crippen molar-refractivity contribution in [1.82, 2.24) is 0 Å². The van der Waals surface area contributed by atoms with E-state index in [1.54, 1.807) is 12.1 Å². The first-order valence-electron chi connectivity index (χ1n) is 6.20. The summed E-state index contributed by atoms with van der Waals surface area (Å²) in [7, 11) is 3.02. The second-order valence-electron chi connectivity index (χ2n) is 4.85. The van der Waals surface area contributed by atoms with Crippen LogP contribution in [0, 0.1) is 5.92 Å². The molecule has 0 heterocycles. The molecule has 5 heteroatoms. The highest BCUT2D eigenvalue weighted by Crippen LogP contribution is 2.39. The molecule has 0 saturated heterocycles. The number of aromatic hydroxyl groups is 1. The number of methoxy groups -OCH3 is 2. The zero-order valence-corrected chi connectivity index (χ0v) is 12.8. The summed E-state index contributed by atoms with van der Waals surface area (Å²) in [4.78, 5) is 0. The lowest BCUT2D eigenvalue weighted by Crippen LogP contribution is -2.11. The largest absolute Gasteiger partial charge is 0.502 e. The number of phenols is 1. The van der Waals surface area contributed by atoms with E-state index < -0.39 is 0 Å². The topological polar surface area (TPSA) is 64.7 Å². The maximum absolute atomic E-state index is 9.82. The van der Waals surface area contributed by atoms with Crippen molar-refractivity contribution in [2.45, 2.75) is 32.7 Å². The summed E-state index contributed by atoms with van der Waals surface area (Å²) >= 11 is 0. The Balaban J connectivity index is 0.00000324. The normalized spacial score (nSPS) is 11.9. The van der Waals surface area contributed by atoms with Crippen LogP contribution in [0.3, 0.4) is 0 Å². The highest BCUT2D eigenvalue weighted by molar-refractivity contribution is 5.85. The second-order valence-corrected chi connectivity index (χ2v) is 4.85. The van der Waals surface area contributed by atoms with Crippen LogP contribution in [0.1, 0.15) is 38.3 Å². The fraction of sp³-hybridized carbons (Fsp3) is 0.571. The SMILES string of the molecule is COc1cc([C@H](N)CCC(C)C)cc(OC)c1O.Cl. The van der Waals surface area contributed by atoms with E-state index in [1.807, 2.05) is 0 Å². The molecule has 1 atom stereocenters. The van der Waals surface area contributed by atoms with Crippen molar-refractivity contribution < 1.29 is 14.6 Å². The van der Waals surface area contributed by atoms with Gasteiger partial charge < -0.3 is 20.3 Å². The minimum atomic E-state index is -0.0733. The Hall–Kier alpha value is -1.13. The molecule has 0 unspecified atom stereocenters. The number of nitrogens with two attached hydrogens (primary N) is 1. The van der Waals surface area contributed by atoms with Gasteiger partial charge in [0.25, 0.3) is 0 Å². The van der Waals surface area contributed by atoms with Gasteiger partial charge in [0.1, 0.15) is 0 Å². The molecule has 1 aromatic carbocycles. The first kappa shape index (κ1) is 17.9. The number of benzene rings is 1. The number of rotatable bonds is 6. The summed E-state index contributed by atoms with van der Waals surface area (Å²) in [6, 6.07) is 3.46. The van der Waals surface area contributed by atoms with E-state index >= 15 is 0 Å². The predicted octanol–water partition coefficient (Wildman–Crippen LogP) is 3.27. The third-order valence-electron chi connectivity index (χ3n) is 2.99. The van der Waals surface area contributed by atoms with Gasteiger partial charge in [0.15, 0.2) is 11.5 Å². The number of halogens is 1. The van der Waals surface area contributed by atoms with E-state index in [0.717, 1.165) is 18.4 Å². The zero-order valence-electron chi connectivity index (χ0n) is 12.0. The molecule has 1 aromatic rings. The molecule has 0 aromatic heterocycles. The molecule has 19 heavy (non-hydrogen) atoms. The standard InChI is InChI=1S/C14H23NO3.ClH/c1-9(2)5-6-11(15)10-7-12(17-3)14(16)13(8-10)18-4;/h7-9,11,16H,5-6,15H2,1-4H3;1H/t11-;/m1./s1. The lowest BCUT2D eigenvalue weighted by atomic mass is 9.98. The summed E-state index contributed by atoms with van der Waals surface area (Å²) in [6.07, 6.45) is 1.96. The van der Waals surface area contributed by atoms with E-state index in [9.17, 15) is 5.11 Å². The molecule has 0 aliphatic heterocycles. The van der Waals surface area contributed by atoms with Gasteiger partial charge in [-0.2, -0.15) is 0 Å². The molecular weight excluding hydrogens is 266 g/mol. The summed E-state index contributed by atoms with van der Waals surface area (Å²) in [5.74, 6) is 1.42. The first-order chi connectivity index (χ1) is 8.49. The van der Waals surface area contributed by atoms with E-state index in [-0.39, 0.29) is 24.2 Å². The van der Waals surface area contributed by atoms with Crippen LogP contribution in [0.4, 0.5) is 0 Å². The molecule has 0 radical (unpaired) electrons. The van der Waals surface area contributed by atoms with Gasteiger partial charge in [-0.05, 0) is 36.5 Å². The van der Waals surface area contributed by atoms with Crippen molar-refractivity contribution in [2.24, 2.45) is 11.7 Å². The van der Waals surface area contributed by atoms with Gasteiger partial charge in [0.2, 0.25) is 5.75 Å². The highest BCUT2D eigenvalue weighted by atomic mass is 35.5. The maximum Gasteiger partial charge on any atom is 0.200 e. The second kappa shape index (κ2) is 8.12. The lowest BCUT2D eigenvalue weighted by molar-refractivity contribution is 0.338. The van der Waals surface area contributed by atoms with Gasteiger partial charge in [0.05, 0.1) is 14.2 Å². The average molecular weight is 290 g/mol. The molecule has 0 aliphatic rings. The molecule has 0 fully saturated rings. The molecule has 0 aliphatic carbocycles. The maximum atomic E-state index is 9.82. The minimum Gasteiger partial charge on any atom is -0.502 e. The van der Waals surface area contributed by atoms with Crippen molar-refractivity contribution in [3.8, 4) is 17.2 Å². The Morgan fingerprint density at radius 3 is 1.95 bits per heavy atom. The number of hydrogen-bond donors (Lipinski definition) is 2. The third kappa shape index (κ3) is 4.80. The van der Waals surface area contributed by atoms with Crippen molar-refractivity contribution in [1.29, 1.82) is 0 Å². The van der Waals surface area contributed by atoms with Gasteiger partial charge in [-0.1, -0.05) is 13.8 Å². The third-order valence-corrected chi connectivity index (χ3v) is 2.99. The molecule has 4 nitrogen and oxygen atoms in total. The summed E-state index contributed by atoms with van der Waals surface area (Å²) in [5, 5.41) is 9.82. The first-order valence-corrected chi connectivity index (χ1v) is 6.20.